The molecule has 0 saturated carbocycles. The second kappa shape index (κ2) is 8.75. The summed E-state index contributed by atoms with van der Waals surface area (Å²) < 4.78 is 31.6. The SMILES string of the molecule is COc1ccc(S(=O)(=O)N2C=CC(C(=O)Cc3ccccc3)=CN=C2C(=O)O)cc1. The Labute approximate surface area is 173 Å². The molecule has 0 spiro atoms. The number of ether oxygens (including phenoxy) is 1. The fourth-order valence-electron chi connectivity index (χ4n) is 2.70. The van der Waals surface area contributed by atoms with Gasteiger partial charge in [0.15, 0.2) is 5.78 Å². The summed E-state index contributed by atoms with van der Waals surface area (Å²) in [5.41, 5.74) is 0.858. The van der Waals surface area contributed by atoms with Gasteiger partial charge in [-0.05, 0) is 35.9 Å². The van der Waals surface area contributed by atoms with E-state index in [-0.39, 0.29) is 22.7 Å². The van der Waals surface area contributed by atoms with Crippen molar-refractivity contribution in [1.82, 2.24) is 4.31 Å². The second-order valence-electron chi connectivity index (χ2n) is 6.22. The number of aliphatic carboxylic acids is 1. The van der Waals surface area contributed by atoms with Gasteiger partial charge in [-0.25, -0.2) is 22.5 Å². The minimum Gasteiger partial charge on any atom is -0.497 e. The van der Waals surface area contributed by atoms with Crippen LogP contribution in [0, 0.1) is 0 Å². The Morgan fingerprint density at radius 1 is 1.07 bits per heavy atom. The Morgan fingerprint density at radius 3 is 2.33 bits per heavy atom. The number of benzene rings is 2. The molecule has 0 unspecified atom stereocenters. The van der Waals surface area contributed by atoms with Crippen LogP contribution in [0.5, 0.6) is 5.75 Å². The van der Waals surface area contributed by atoms with Gasteiger partial charge in [0, 0.05) is 24.4 Å². The number of ketones is 1. The highest BCUT2D eigenvalue weighted by Crippen LogP contribution is 2.22. The molecule has 1 N–H and O–H groups in total. The van der Waals surface area contributed by atoms with Crippen molar-refractivity contribution < 1.29 is 27.9 Å². The van der Waals surface area contributed by atoms with E-state index in [4.69, 9.17) is 4.74 Å². The number of allylic oxidation sites excluding steroid dienone is 2. The predicted molar refractivity (Wildman–Crippen MR) is 109 cm³/mol. The van der Waals surface area contributed by atoms with Gasteiger partial charge in [-0.3, -0.25) is 4.79 Å². The van der Waals surface area contributed by atoms with Gasteiger partial charge in [-0.15, -0.1) is 0 Å². The van der Waals surface area contributed by atoms with Crippen LogP contribution in [-0.2, 0) is 26.0 Å². The van der Waals surface area contributed by atoms with Crippen LogP contribution in [0.1, 0.15) is 5.56 Å². The van der Waals surface area contributed by atoms with Crippen LogP contribution in [0.25, 0.3) is 0 Å². The zero-order valence-electron chi connectivity index (χ0n) is 15.9. The molecule has 0 radical (unpaired) electrons. The highest BCUT2D eigenvalue weighted by atomic mass is 32.2. The lowest BCUT2D eigenvalue weighted by Crippen LogP contribution is -2.37. The number of hydrogen-bond donors (Lipinski definition) is 1. The van der Waals surface area contributed by atoms with Gasteiger partial charge in [-0.1, -0.05) is 30.3 Å². The third-order valence-corrected chi connectivity index (χ3v) is 5.94. The first kappa shape index (κ1) is 21.0. The van der Waals surface area contributed by atoms with E-state index in [1.807, 2.05) is 6.07 Å². The molecule has 0 saturated heterocycles. The summed E-state index contributed by atoms with van der Waals surface area (Å²) in [4.78, 5) is 27.8. The van der Waals surface area contributed by atoms with Crippen molar-refractivity contribution in [1.29, 1.82) is 0 Å². The lowest BCUT2D eigenvalue weighted by molar-refractivity contribution is -0.129. The van der Waals surface area contributed by atoms with Gasteiger partial charge < -0.3 is 9.84 Å². The number of aliphatic imine (C=N–C) groups is 1. The average molecular weight is 426 g/mol. The second-order valence-corrected chi connectivity index (χ2v) is 8.03. The molecule has 0 atom stereocenters. The first-order valence-electron chi connectivity index (χ1n) is 8.78. The first-order chi connectivity index (χ1) is 14.3. The van der Waals surface area contributed by atoms with Crippen molar-refractivity contribution in [3.8, 4) is 5.75 Å². The number of carboxylic acids is 1. The molecule has 2 aromatic rings. The van der Waals surface area contributed by atoms with Crippen molar-refractivity contribution in [2.24, 2.45) is 4.99 Å². The van der Waals surface area contributed by atoms with Crippen molar-refractivity contribution >= 4 is 27.6 Å². The van der Waals surface area contributed by atoms with Crippen LogP contribution in [0.3, 0.4) is 0 Å². The summed E-state index contributed by atoms with van der Waals surface area (Å²) in [6.45, 7) is 0. The van der Waals surface area contributed by atoms with Gasteiger partial charge >= 0.3 is 5.97 Å². The van der Waals surface area contributed by atoms with Crippen LogP contribution in [-0.4, -0.2) is 42.5 Å². The summed E-state index contributed by atoms with van der Waals surface area (Å²) in [6, 6.07) is 14.5. The number of carbonyl (C=O) groups excluding carboxylic acids is 1. The monoisotopic (exact) mass is 426 g/mol. The molecule has 1 heterocycles. The summed E-state index contributed by atoms with van der Waals surface area (Å²) >= 11 is 0. The van der Waals surface area contributed by atoms with Gasteiger partial charge in [0.1, 0.15) is 5.75 Å². The molecule has 0 fully saturated rings. The van der Waals surface area contributed by atoms with E-state index in [0.29, 0.717) is 10.1 Å². The Balaban J connectivity index is 1.93. The number of rotatable bonds is 7. The van der Waals surface area contributed by atoms with Crippen LogP contribution >= 0.6 is 0 Å². The predicted octanol–water partition coefficient (Wildman–Crippen LogP) is 2.39. The number of hydrogen-bond acceptors (Lipinski definition) is 6. The van der Waals surface area contributed by atoms with Gasteiger partial charge in [-0.2, -0.15) is 0 Å². The van der Waals surface area contributed by atoms with Gasteiger partial charge in [0.2, 0.25) is 5.84 Å². The fraction of sp³-hybridized carbons (Fsp3) is 0.0952. The van der Waals surface area contributed by atoms with E-state index in [9.17, 15) is 23.1 Å². The van der Waals surface area contributed by atoms with Crippen LogP contribution < -0.4 is 4.74 Å². The average Bonchev–Trinajstić information content (AvgIpc) is 2.98. The van der Waals surface area contributed by atoms with Crippen LogP contribution in [0.15, 0.2) is 88.5 Å². The highest BCUT2D eigenvalue weighted by molar-refractivity contribution is 7.89. The minimum absolute atomic E-state index is 0.0696. The Bertz CT molecular complexity index is 1150. The highest BCUT2D eigenvalue weighted by Gasteiger charge is 2.31. The molecule has 2 aromatic carbocycles. The summed E-state index contributed by atoms with van der Waals surface area (Å²) in [5, 5.41) is 9.48. The van der Waals surface area contributed by atoms with Crippen LogP contribution in [0.4, 0.5) is 0 Å². The molecule has 0 aromatic heterocycles. The van der Waals surface area contributed by atoms with Gasteiger partial charge in [0.25, 0.3) is 10.0 Å². The third kappa shape index (κ3) is 4.47. The number of Topliss-reactive ketones (excluding diaryl/α,β-unsaturated/α-hetero) is 1. The number of methoxy groups -OCH3 is 1. The molecular weight excluding hydrogens is 408 g/mol. The summed E-state index contributed by atoms with van der Waals surface area (Å²) in [7, 11) is -2.84. The maximum absolute atomic E-state index is 13.0. The molecule has 9 heteroatoms. The number of amidine groups is 1. The number of carboxylic acid groups (broad SMARTS) is 1. The Kier molecular flexibility index (Phi) is 6.12. The van der Waals surface area contributed by atoms with Crippen molar-refractivity contribution in [3.05, 3.63) is 84.2 Å². The lowest BCUT2D eigenvalue weighted by atomic mass is 10.0. The molecule has 30 heavy (non-hydrogen) atoms. The van der Waals surface area contributed by atoms with Crippen molar-refractivity contribution in [2.45, 2.75) is 11.3 Å². The standard InChI is InChI=1S/C21H18N2O6S/c1-29-17-7-9-18(10-8-17)30(27,28)23-12-11-16(14-22-20(23)21(25)26)19(24)13-15-5-3-2-4-6-15/h2-12,14H,13H2,1H3,(H,25,26). The molecule has 154 valence electrons. The molecule has 0 aliphatic carbocycles. The maximum Gasteiger partial charge on any atom is 0.373 e. The normalized spacial score (nSPS) is 13.8. The first-order valence-corrected chi connectivity index (χ1v) is 10.2. The van der Waals surface area contributed by atoms with E-state index >= 15 is 0 Å². The number of nitrogens with zero attached hydrogens (tertiary/aromatic N) is 2. The lowest BCUT2D eigenvalue weighted by Gasteiger charge is -2.18. The fourth-order valence-corrected chi connectivity index (χ4v) is 3.98. The van der Waals surface area contributed by atoms with Crippen LogP contribution in [0.2, 0.25) is 0 Å². The molecule has 8 nitrogen and oxygen atoms in total. The molecule has 0 amide bonds. The van der Waals surface area contributed by atoms with E-state index in [1.165, 1.54) is 37.5 Å². The number of sulfonamides is 1. The van der Waals surface area contributed by atoms with E-state index in [1.54, 1.807) is 24.3 Å². The van der Waals surface area contributed by atoms with Gasteiger partial charge in [0.05, 0.1) is 12.0 Å². The number of carbonyl (C=O) groups is 2. The maximum atomic E-state index is 13.0. The topological polar surface area (TPSA) is 113 Å². The molecule has 3 rings (SSSR count). The quantitative estimate of drug-likeness (QED) is 0.727. The Hall–Kier alpha value is -3.72. The zero-order valence-corrected chi connectivity index (χ0v) is 16.7. The molecule has 1 aliphatic heterocycles. The molecule has 1 aliphatic rings. The minimum atomic E-state index is -4.28. The smallest absolute Gasteiger partial charge is 0.373 e. The van der Waals surface area contributed by atoms with E-state index in [2.05, 4.69) is 4.99 Å². The largest absolute Gasteiger partial charge is 0.497 e. The van der Waals surface area contributed by atoms with Crippen molar-refractivity contribution in [2.75, 3.05) is 7.11 Å². The Morgan fingerprint density at radius 2 is 1.73 bits per heavy atom. The molecular formula is C21H18N2O6S. The zero-order chi connectivity index (χ0) is 21.7. The van der Waals surface area contributed by atoms with E-state index in [0.717, 1.165) is 18.0 Å². The van der Waals surface area contributed by atoms with Crippen molar-refractivity contribution in [3.63, 3.8) is 0 Å². The summed E-state index contributed by atoms with van der Waals surface area (Å²) in [6.07, 6.45) is 3.40. The van der Waals surface area contributed by atoms with E-state index < -0.39 is 21.8 Å². The summed E-state index contributed by atoms with van der Waals surface area (Å²) in [5.74, 6) is -2.17. The molecule has 0 bridgehead atoms. The third-order valence-electron chi connectivity index (χ3n) is 4.26.